The molecule has 2 aromatic carbocycles. The van der Waals surface area contributed by atoms with Gasteiger partial charge in [0.15, 0.2) is 0 Å². The Kier molecular flexibility index (Phi) is 9.08. The Morgan fingerprint density at radius 2 is 1.62 bits per heavy atom. The number of rotatable bonds is 12. The first-order valence-electron chi connectivity index (χ1n) is 12.0. The van der Waals surface area contributed by atoms with Gasteiger partial charge < -0.3 is 20.5 Å². The van der Waals surface area contributed by atoms with Crippen molar-refractivity contribution in [2.75, 3.05) is 13.2 Å². The van der Waals surface area contributed by atoms with Crippen LogP contribution in [-0.4, -0.2) is 42.3 Å². The van der Waals surface area contributed by atoms with Gasteiger partial charge in [0.1, 0.15) is 6.61 Å². The minimum absolute atomic E-state index is 0.0146. The summed E-state index contributed by atoms with van der Waals surface area (Å²) in [7, 11) is 0. The second-order valence-electron chi connectivity index (χ2n) is 8.89. The molecule has 1 aliphatic rings. The molecule has 182 valence electrons. The molecule has 0 aliphatic heterocycles. The Morgan fingerprint density at radius 1 is 1.00 bits per heavy atom. The van der Waals surface area contributed by atoms with Crippen molar-refractivity contribution in [3.05, 3.63) is 59.7 Å². The zero-order chi connectivity index (χ0) is 24.5. The van der Waals surface area contributed by atoms with Crippen LogP contribution in [-0.2, 0) is 14.3 Å². The zero-order valence-corrected chi connectivity index (χ0v) is 19.9. The molecule has 0 aromatic heterocycles. The number of alkyl carbamates (subject to hydrolysis) is 1. The number of ether oxygens (including phenoxy) is 1. The molecule has 1 aliphatic carbocycles. The van der Waals surface area contributed by atoms with Gasteiger partial charge in [-0.3, -0.25) is 9.59 Å². The van der Waals surface area contributed by atoms with Crippen LogP contribution in [0.2, 0.25) is 0 Å². The van der Waals surface area contributed by atoms with Crippen LogP contribution in [0.15, 0.2) is 48.5 Å². The fourth-order valence-electron chi connectivity index (χ4n) is 4.44. The molecule has 0 spiro atoms. The lowest BCUT2D eigenvalue weighted by atomic mass is 9.98. The molecular formula is C27H34N2O5. The highest BCUT2D eigenvalue weighted by Gasteiger charge is 2.29. The minimum Gasteiger partial charge on any atom is -0.481 e. The van der Waals surface area contributed by atoms with Crippen LogP contribution >= 0.6 is 0 Å². The Morgan fingerprint density at radius 3 is 2.21 bits per heavy atom. The highest BCUT2D eigenvalue weighted by molar-refractivity contribution is 5.79. The summed E-state index contributed by atoms with van der Waals surface area (Å²) in [6.45, 7) is 4.30. The van der Waals surface area contributed by atoms with Crippen LogP contribution < -0.4 is 10.6 Å². The first kappa shape index (κ1) is 25.3. The summed E-state index contributed by atoms with van der Waals surface area (Å²) in [4.78, 5) is 35.7. The van der Waals surface area contributed by atoms with E-state index in [1.807, 2.05) is 31.2 Å². The lowest BCUT2D eigenvalue weighted by Crippen LogP contribution is -2.40. The van der Waals surface area contributed by atoms with E-state index in [0.29, 0.717) is 25.8 Å². The van der Waals surface area contributed by atoms with Crippen LogP contribution in [0.25, 0.3) is 11.1 Å². The van der Waals surface area contributed by atoms with E-state index in [1.54, 1.807) is 6.92 Å². The molecule has 0 radical (unpaired) electrons. The molecule has 0 heterocycles. The quantitative estimate of drug-likeness (QED) is 0.393. The molecular weight excluding hydrogens is 432 g/mol. The third-order valence-electron chi connectivity index (χ3n) is 6.29. The fraction of sp³-hybridized carbons (Fsp3) is 0.444. The Balaban J connectivity index is 1.49. The Hall–Kier alpha value is -3.35. The summed E-state index contributed by atoms with van der Waals surface area (Å²) in [5.74, 6) is -1.44. The number of carboxylic acids is 1. The maximum absolute atomic E-state index is 12.6. The molecule has 2 atom stereocenters. The second kappa shape index (κ2) is 12.2. The number of aliphatic carboxylic acids is 1. The average Bonchev–Trinajstić information content (AvgIpc) is 3.14. The van der Waals surface area contributed by atoms with Gasteiger partial charge in [-0.2, -0.15) is 0 Å². The summed E-state index contributed by atoms with van der Waals surface area (Å²) in [5, 5.41) is 14.6. The number of carbonyl (C=O) groups excluding carboxylic acids is 2. The molecule has 2 unspecified atom stereocenters. The van der Waals surface area contributed by atoms with Crippen LogP contribution in [0.4, 0.5) is 4.79 Å². The van der Waals surface area contributed by atoms with E-state index in [2.05, 4.69) is 34.9 Å². The molecule has 0 bridgehead atoms. The van der Waals surface area contributed by atoms with Gasteiger partial charge in [-0.25, -0.2) is 4.79 Å². The Bertz CT molecular complexity index is 961. The van der Waals surface area contributed by atoms with Crippen molar-refractivity contribution in [1.82, 2.24) is 10.6 Å². The maximum atomic E-state index is 12.6. The smallest absolute Gasteiger partial charge is 0.407 e. The molecule has 0 saturated carbocycles. The molecule has 7 heteroatoms. The van der Waals surface area contributed by atoms with Crippen molar-refractivity contribution in [2.24, 2.45) is 5.92 Å². The third kappa shape index (κ3) is 6.59. The summed E-state index contributed by atoms with van der Waals surface area (Å²) in [6, 6.07) is 16.0. The van der Waals surface area contributed by atoms with Crippen LogP contribution in [0.1, 0.15) is 63.0 Å². The minimum atomic E-state index is -0.832. The number of carboxylic acid groups (broad SMARTS) is 1. The van der Waals surface area contributed by atoms with Gasteiger partial charge in [-0.1, -0.05) is 68.8 Å². The molecule has 0 fully saturated rings. The van der Waals surface area contributed by atoms with E-state index in [9.17, 15) is 14.4 Å². The number of hydrogen-bond donors (Lipinski definition) is 3. The number of hydrogen-bond acceptors (Lipinski definition) is 4. The van der Waals surface area contributed by atoms with E-state index < -0.39 is 18.0 Å². The van der Waals surface area contributed by atoms with Gasteiger partial charge in [-0.05, 0) is 41.5 Å². The van der Waals surface area contributed by atoms with Crippen molar-refractivity contribution in [2.45, 2.75) is 57.9 Å². The number of nitrogens with one attached hydrogen (secondary N) is 2. The van der Waals surface area contributed by atoms with Crippen molar-refractivity contribution in [3.8, 4) is 11.1 Å². The normalized spacial score (nSPS) is 13.9. The lowest BCUT2D eigenvalue weighted by Gasteiger charge is -2.19. The largest absolute Gasteiger partial charge is 0.481 e. The summed E-state index contributed by atoms with van der Waals surface area (Å²) in [5.41, 5.74) is 4.65. The van der Waals surface area contributed by atoms with Crippen molar-refractivity contribution in [3.63, 3.8) is 0 Å². The standard InChI is InChI=1S/C27H34N2O5/c1-3-9-19(16-25(30)28-15-8-10-18(2)26(31)32)29-27(33)34-17-24-22-13-6-4-11-20(22)21-12-5-7-14-23(21)24/h4-7,11-14,18-19,24H,3,8-10,15-17H2,1-2H3,(H,28,30)(H,29,33)(H,31,32). The average molecular weight is 467 g/mol. The van der Waals surface area contributed by atoms with E-state index >= 15 is 0 Å². The SMILES string of the molecule is CCCC(CC(=O)NCCCC(C)C(=O)O)NC(=O)OCC1c2ccccc2-c2ccccc21. The van der Waals surface area contributed by atoms with Gasteiger partial charge in [0.05, 0.1) is 5.92 Å². The number of fused-ring (bicyclic) bond motifs is 3. The first-order chi connectivity index (χ1) is 16.4. The number of benzene rings is 2. The topological polar surface area (TPSA) is 105 Å². The van der Waals surface area contributed by atoms with E-state index in [0.717, 1.165) is 17.5 Å². The summed E-state index contributed by atoms with van der Waals surface area (Å²) < 4.78 is 5.61. The van der Waals surface area contributed by atoms with Crippen molar-refractivity contribution in [1.29, 1.82) is 0 Å². The van der Waals surface area contributed by atoms with Crippen LogP contribution in [0.3, 0.4) is 0 Å². The molecule has 3 N–H and O–H groups in total. The molecule has 0 saturated heterocycles. The van der Waals surface area contributed by atoms with Crippen molar-refractivity contribution >= 4 is 18.0 Å². The van der Waals surface area contributed by atoms with E-state index in [-0.39, 0.29) is 30.9 Å². The predicted molar refractivity (Wildman–Crippen MR) is 131 cm³/mol. The molecule has 7 nitrogen and oxygen atoms in total. The molecule has 2 aromatic rings. The van der Waals surface area contributed by atoms with Crippen molar-refractivity contribution < 1.29 is 24.2 Å². The fourth-order valence-corrected chi connectivity index (χ4v) is 4.44. The lowest BCUT2D eigenvalue weighted by molar-refractivity contribution is -0.141. The van der Waals surface area contributed by atoms with Gasteiger partial charge >= 0.3 is 12.1 Å². The molecule has 34 heavy (non-hydrogen) atoms. The second-order valence-corrected chi connectivity index (χ2v) is 8.89. The number of carbonyl (C=O) groups is 3. The monoisotopic (exact) mass is 466 g/mol. The van der Waals surface area contributed by atoms with Gasteiger partial charge in [0, 0.05) is 24.9 Å². The van der Waals surface area contributed by atoms with Gasteiger partial charge in [0.25, 0.3) is 0 Å². The first-order valence-corrected chi connectivity index (χ1v) is 12.0. The molecule has 3 rings (SSSR count). The predicted octanol–water partition coefficient (Wildman–Crippen LogP) is 4.70. The number of amides is 2. The van der Waals surface area contributed by atoms with E-state index in [4.69, 9.17) is 9.84 Å². The highest BCUT2D eigenvalue weighted by Crippen LogP contribution is 2.44. The highest BCUT2D eigenvalue weighted by atomic mass is 16.5. The van der Waals surface area contributed by atoms with Gasteiger partial charge in [-0.15, -0.1) is 0 Å². The van der Waals surface area contributed by atoms with Crippen LogP contribution in [0.5, 0.6) is 0 Å². The Labute approximate surface area is 200 Å². The molecule has 2 amide bonds. The summed E-state index contributed by atoms with van der Waals surface area (Å²) in [6.07, 6.45) is 2.21. The maximum Gasteiger partial charge on any atom is 0.407 e. The third-order valence-corrected chi connectivity index (χ3v) is 6.29. The van der Waals surface area contributed by atoms with Crippen LogP contribution in [0, 0.1) is 5.92 Å². The summed E-state index contributed by atoms with van der Waals surface area (Å²) >= 11 is 0. The van der Waals surface area contributed by atoms with Gasteiger partial charge in [0.2, 0.25) is 5.91 Å². The zero-order valence-electron chi connectivity index (χ0n) is 19.9. The van der Waals surface area contributed by atoms with E-state index in [1.165, 1.54) is 11.1 Å².